The van der Waals surface area contributed by atoms with Crippen molar-refractivity contribution >= 4 is 5.91 Å². The van der Waals surface area contributed by atoms with Crippen molar-refractivity contribution in [2.45, 2.75) is 38.6 Å². The Balaban J connectivity index is 1.32. The molecular formula is C16H23N3O. The minimum absolute atomic E-state index is 0.359. The van der Waals surface area contributed by atoms with Crippen LogP contribution >= 0.6 is 0 Å². The molecule has 4 nitrogen and oxygen atoms in total. The number of nitrogens with zero attached hydrogens (tertiary/aromatic N) is 3. The lowest BCUT2D eigenvalue weighted by Crippen LogP contribution is -2.36. The molecule has 0 spiro atoms. The van der Waals surface area contributed by atoms with Crippen molar-refractivity contribution in [1.82, 2.24) is 14.5 Å². The first-order valence-electron chi connectivity index (χ1n) is 7.97. The zero-order valence-corrected chi connectivity index (χ0v) is 12.2. The number of rotatable bonds is 4. The summed E-state index contributed by atoms with van der Waals surface area (Å²) in [5, 5.41) is 0. The second-order valence-electron chi connectivity index (χ2n) is 6.96. The van der Waals surface area contributed by atoms with Crippen LogP contribution in [0.15, 0.2) is 12.4 Å². The number of aromatic nitrogens is 2. The molecule has 2 heterocycles. The molecule has 0 saturated heterocycles. The molecule has 3 aliphatic rings. The maximum Gasteiger partial charge on any atom is 0.225 e. The molecule has 1 aromatic heterocycles. The van der Waals surface area contributed by atoms with E-state index >= 15 is 0 Å². The van der Waals surface area contributed by atoms with E-state index in [4.69, 9.17) is 0 Å². The van der Waals surface area contributed by atoms with E-state index in [0.29, 0.717) is 17.7 Å². The van der Waals surface area contributed by atoms with Crippen molar-refractivity contribution < 1.29 is 4.79 Å². The normalized spacial score (nSPS) is 31.8. The standard InChI is InChI=1S/C16H23N3O/c1-18(16(20)14-9-13(14)12-2-3-12)10-11-4-6-19-7-5-17-15(19)8-11/h5,7,11-14H,2-4,6,8-10H2,1H3/t11-,13+,14+/m1/s1. The predicted molar refractivity (Wildman–Crippen MR) is 76.0 cm³/mol. The van der Waals surface area contributed by atoms with E-state index in [2.05, 4.69) is 15.7 Å². The Morgan fingerprint density at radius 2 is 2.30 bits per heavy atom. The Morgan fingerprint density at radius 1 is 1.45 bits per heavy atom. The minimum Gasteiger partial charge on any atom is -0.345 e. The minimum atomic E-state index is 0.359. The smallest absolute Gasteiger partial charge is 0.225 e. The Labute approximate surface area is 120 Å². The average Bonchev–Trinajstić information content (AvgIpc) is 3.33. The topological polar surface area (TPSA) is 38.1 Å². The van der Waals surface area contributed by atoms with Gasteiger partial charge in [-0.05, 0) is 43.4 Å². The van der Waals surface area contributed by atoms with Gasteiger partial charge in [0.1, 0.15) is 5.82 Å². The summed E-state index contributed by atoms with van der Waals surface area (Å²) in [7, 11) is 1.99. The van der Waals surface area contributed by atoms with Gasteiger partial charge in [-0.2, -0.15) is 0 Å². The number of aryl methyl sites for hydroxylation is 1. The summed E-state index contributed by atoms with van der Waals surface area (Å²) in [4.78, 5) is 18.8. The number of imidazole rings is 1. The summed E-state index contributed by atoms with van der Waals surface area (Å²) in [5.41, 5.74) is 0. The Morgan fingerprint density at radius 3 is 3.10 bits per heavy atom. The fourth-order valence-corrected chi connectivity index (χ4v) is 3.88. The summed E-state index contributed by atoms with van der Waals surface area (Å²) < 4.78 is 2.24. The van der Waals surface area contributed by atoms with Crippen LogP contribution in [0.1, 0.15) is 31.5 Å². The molecule has 4 heteroatoms. The predicted octanol–water partition coefficient (Wildman–Crippen LogP) is 1.95. The van der Waals surface area contributed by atoms with Crippen LogP contribution < -0.4 is 0 Å². The lowest BCUT2D eigenvalue weighted by atomic mass is 9.97. The van der Waals surface area contributed by atoms with Crippen LogP contribution in [0.2, 0.25) is 0 Å². The average molecular weight is 273 g/mol. The van der Waals surface area contributed by atoms with E-state index in [-0.39, 0.29) is 0 Å². The first-order valence-corrected chi connectivity index (χ1v) is 7.97. The zero-order valence-electron chi connectivity index (χ0n) is 12.2. The van der Waals surface area contributed by atoms with Crippen LogP contribution in [0.3, 0.4) is 0 Å². The van der Waals surface area contributed by atoms with Crippen LogP contribution in [0.25, 0.3) is 0 Å². The maximum absolute atomic E-state index is 12.4. The van der Waals surface area contributed by atoms with Gasteiger partial charge in [-0.3, -0.25) is 4.79 Å². The van der Waals surface area contributed by atoms with E-state index in [9.17, 15) is 4.79 Å². The van der Waals surface area contributed by atoms with Gasteiger partial charge in [-0.1, -0.05) is 0 Å². The Bertz CT molecular complexity index is 520. The highest BCUT2D eigenvalue weighted by atomic mass is 16.2. The first kappa shape index (κ1) is 12.4. The molecule has 4 rings (SSSR count). The van der Waals surface area contributed by atoms with Gasteiger partial charge < -0.3 is 9.47 Å². The molecule has 2 saturated carbocycles. The second-order valence-corrected chi connectivity index (χ2v) is 6.96. The summed E-state index contributed by atoms with van der Waals surface area (Å²) in [6.07, 6.45) is 10.0. The van der Waals surface area contributed by atoms with E-state index in [1.54, 1.807) is 0 Å². The number of hydrogen-bond acceptors (Lipinski definition) is 2. The van der Waals surface area contributed by atoms with Crippen molar-refractivity contribution in [3.8, 4) is 0 Å². The lowest BCUT2D eigenvalue weighted by molar-refractivity contribution is -0.132. The summed E-state index contributed by atoms with van der Waals surface area (Å²) in [6, 6.07) is 0. The van der Waals surface area contributed by atoms with Gasteiger partial charge >= 0.3 is 0 Å². The SMILES string of the molecule is CN(C[C@@H]1CCn2ccnc2C1)C(=O)[C@H]1C[C@H]1C1CC1. The third kappa shape index (κ3) is 2.25. The highest BCUT2D eigenvalue weighted by molar-refractivity contribution is 5.81. The molecular weight excluding hydrogens is 250 g/mol. The molecule has 0 N–H and O–H groups in total. The Hall–Kier alpha value is -1.32. The van der Waals surface area contributed by atoms with Gasteiger partial charge in [0.2, 0.25) is 5.91 Å². The van der Waals surface area contributed by atoms with Gasteiger partial charge in [0.05, 0.1) is 0 Å². The first-order chi connectivity index (χ1) is 9.72. The van der Waals surface area contributed by atoms with Crippen molar-refractivity contribution in [3.63, 3.8) is 0 Å². The van der Waals surface area contributed by atoms with E-state index in [0.717, 1.165) is 44.2 Å². The third-order valence-corrected chi connectivity index (χ3v) is 5.34. The third-order valence-electron chi connectivity index (χ3n) is 5.34. The highest BCUT2D eigenvalue weighted by Crippen LogP contribution is 2.54. The molecule has 2 fully saturated rings. The molecule has 0 bridgehead atoms. The highest BCUT2D eigenvalue weighted by Gasteiger charge is 2.51. The number of amides is 1. The van der Waals surface area contributed by atoms with Crippen molar-refractivity contribution in [3.05, 3.63) is 18.2 Å². The van der Waals surface area contributed by atoms with E-state index in [1.807, 2.05) is 18.1 Å². The van der Waals surface area contributed by atoms with Gasteiger partial charge in [0, 0.05) is 44.9 Å². The van der Waals surface area contributed by atoms with Crippen LogP contribution in [0.4, 0.5) is 0 Å². The number of carbonyl (C=O) groups is 1. The van der Waals surface area contributed by atoms with Gasteiger partial charge in [0.25, 0.3) is 0 Å². The molecule has 0 unspecified atom stereocenters. The van der Waals surface area contributed by atoms with E-state index in [1.165, 1.54) is 18.7 Å². The van der Waals surface area contributed by atoms with Gasteiger partial charge in [-0.15, -0.1) is 0 Å². The largest absolute Gasteiger partial charge is 0.345 e. The summed E-state index contributed by atoms with van der Waals surface area (Å²) in [6.45, 7) is 1.95. The van der Waals surface area contributed by atoms with Crippen LogP contribution in [-0.2, 0) is 17.8 Å². The van der Waals surface area contributed by atoms with Crippen LogP contribution in [0, 0.1) is 23.7 Å². The quantitative estimate of drug-likeness (QED) is 0.841. The molecule has 3 atom stereocenters. The molecule has 108 valence electrons. The van der Waals surface area contributed by atoms with Crippen molar-refractivity contribution in [2.24, 2.45) is 23.7 Å². The molecule has 20 heavy (non-hydrogen) atoms. The number of carbonyl (C=O) groups excluding carboxylic acids is 1. The van der Waals surface area contributed by atoms with Crippen molar-refractivity contribution in [1.29, 1.82) is 0 Å². The summed E-state index contributed by atoms with van der Waals surface area (Å²) in [5.74, 6) is 4.14. The number of hydrogen-bond donors (Lipinski definition) is 0. The number of fused-ring (bicyclic) bond motifs is 1. The fourth-order valence-electron chi connectivity index (χ4n) is 3.88. The monoisotopic (exact) mass is 273 g/mol. The van der Waals surface area contributed by atoms with Gasteiger partial charge in [0.15, 0.2) is 0 Å². The summed E-state index contributed by atoms with van der Waals surface area (Å²) >= 11 is 0. The molecule has 0 radical (unpaired) electrons. The molecule has 1 aromatic rings. The lowest BCUT2D eigenvalue weighted by Gasteiger charge is -2.28. The molecule has 1 amide bonds. The van der Waals surface area contributed by atoms with Crippen molar-refractivity contribution in [2.75, 3.05) is 13.6 Å². The molecule has 2 aliphatic carbocycles. The Kier molecular flexibility index (Phi) is 2.86. The molecule has 0 aromatic carbocycles. The fraction of sp³-hybridized carbons (Fsp3) is 0.750. The molecule has 1 aliphatic heterocycles. The second kappa shape index (κ2) is 4.61. The van der Waals surface area contributed by atoms with Crippen LogP contribution in [0.5, 0.6) is 0 Å². The zero-order chi connectivity index (χ0) is 13.7. The van der Waals surface area contributed by atoms with E-state index < -0.39 is 0 Å². The van der Waals surface area contributed by atoms with Crippen LogP contribution in [-0.4, -0.2) is 34.0 Å². The van der Waals surface area contributed by atoms with Gasteiger partial charge in [-0.25, -0.2) is 4.98 Å². The maximum atomic E-state index is 12.4.